The number of carbonyl (C=O) groups is 1. The molecule has 1 aromatic carbocycles. The maximum atomic E-state index is 11.8. The molecule has 1 amide bonds. The standard InChI is InChI=1S/C16H25ClN2O/c1-3-5-7-13(4-2)11-18-12-16(20)19-15-9-6-8-14(17)10-15/h6,8-10,13,18H,3-5,7,11-12H2,1-2H3,(H,19,20). The SMILES string of the molecule is CCCCC(CC)CNCC(=O)Nc1cccc(Cl)c1. The molecular weight excluding hydrogens is 272 g/mol. The van der Waals surface area contributed by atoms with Crippen molar-refractivity contribution in [1.29, 1.82) is 0 Å². The second-order valence-electron chi connectivity index (χ2n) is 5.11. The molecule has 0 aliphatic rings. The summed E-state index contributed by atoms with van der Waals surface area (Å²) in [6.07, 6.45) is 4.87. The van der Waals surface area contributed by atoms with Crippen LogP contribution in [0.3, 0.4) is 0 Å². The van der Waals surface area contributed by atoms with Crippen molar-refractivity contribution in [3.8, 4) is 0 Å². The average molecular weight is 297 g/mol. The minimum Gasteiger partial charge on any atom is -0.325 e. The van der Waals surface area contributed by atoms with Gasteiger partial charge in [-0.25, -0.2) is 0 Å². The first-order chi connectivity index (χ1) is 9.65. The Morgan fingerprint density at radius 1 is 1.35 bits per heavy atom. The van der Waals surface area contributed by atoms with Crippen molar-refractivity contribution in [2.45, 2.75) is 39.5 Å². The molecule has 0 aliphatic carbocycles. The molecule has 4 heteroatoms. The molecule has 0 radical (unpaired) electrons. The van der Waals surface area contributed by atoms with Gasteiger partial charge in [-0.1, -0.05) is 50.8 Å². The van der Waals surface area contributed by atoms with Gasteiger partial charge < -0.3 is 10.6 Å². The molecule has 0 saturated carbocycles. The smallest absolute Gasteiger partial charge is 0.238 e. The molecule has 3 nitrogen and oxygen atoms in total. The van der Waals surface area contributed by atoms with Crippen LogP contribution in [0.5, 0.6) is 0 Å². The van der Waals surface area contributed by atoms with Crippen LogP contribution < -0.4 is 10.6 Å². The van der Waals surface area contributed by atoms with Crippen LogP contribution in [-0.4, -0.2) is 19.0 Å². The quantitative estimate of drug-likeness (QED) is 0.721. The molecule has 0 aromatic heterocycles. The van der Waals surface area contributed by atoms with Gasteiger partial charge in [-0.05, 0) is 37.1 Å². The largest absolute Gasteiger partial charge is 0.325 e. The van der Waals surface area contributed by atoms with Crippen LogP contribution in [0.2, 0.25) is 5.02 Å². The first-order valence-corrected chi connectivity index (χ1v) is 7.79. The lowest BCUT2D eigenvalue weighted by atomic mass is 9.99. The summed E-state index contributed by atoms with van der Waals surface area (Å²) >= 11 is 5.87. The Balaban J connectivity index is 2.25. The van der Waals surface area contributed by atoms with E-state index in [0.29, 0.717) is 17.5 Å². The van der Waals surface area contributed by atoms with Gasteiger partial charge >= 0.3 is 0 Å². The Morgan fingerprint density at radius 3 is 2.80 bits per heavy atom. The topological polar surface area (TPSA) is 41.1 Å². The van der Waals surface area contributed by atoms with E-state index in [2.05, 4.69) is 24.5 Å². The zero-order chi connectivity index (χ0) is 14.8. The number of anilines is 1. The molecule has 20 heavy (non-hydrogen) atoms. The van der Waals surface area contributed by atoms with Crippen molar-refractivity contribution in [3.63, 3.8) is 0 Å². The highest BCUT2D eigenvalue weighted by molar-refractivity contribution is 6.30. The molecule has 0 heterocycles. The first kappa shape index (κ1) is 17.0. The van der Waals surface area contributed by atoms with Crippen molar-refractivity contribution in [1.82, 2.24) is 5.32 Å². The number of benzene rings is 1. The normalized spacial score (nSPS) is 12.2. The van der Waals surface area contributed by atoms with Crippen molar-refractivity contribution in [2.24, 2.45) is 5.92 Å². The summed E-state index contributed by atoms with van der Waals surface area (Å²) in [6, 6.07) is 7.19. The molecule has 0 saturated heterocycles. The Morgan fingerprint density at radius 2 is 2.15 bits per heavy atom. The Labute approximate surface area is 127 Å². The number of nitrogens with one attached hydrogen (secondary N) is 2. The molecule has 0 aliphatic heterocycles. The molecular formula is C16H25ClN2O. The Bertz CT molecular complexity index is 409. The highest BCUT2D eigenvalue weighted by atomic mass is 35.5. The summed E-state index contributed by atoms with van der Waals surface area (Å²) < 4.78 is 0. The van der Waals surface area contributed by atoms with E-state index in [0.717, 1.165) is 18.7 Å². The number of hydrogen-bond donors (Lipinski definition) is 2. The van der Waals surface area contributed by atoms with E-state index < -0.39 is 0 Å². The molecule has 112 valence electrons. The first-order valence-electron chi connectivity index (χ1n) is 7.41. The minimum atomic E-state index is -0.0300. The molecule has 0 fully saturated rings. The average Bonchev–Trinajstić information content (AvgIpc) is 2.42. The highest BCUT2D eigenvalue weighted by Gasteiger charge is 2.07. The van der Waals surface area contributed by atoms with Gasteiger partial charge in [-0.15, -0.1) is 0 Å². The molecule has 2 N–H and O–H groups in total. The van der Waals surface area contributed by atoms with Crippen LogP contribution in [0.4, 0.5) is 5.69 Å². The van der Waals surface area contributed by atoms with Gasteiger partial charge in [0.15, 0.2) is 0 Å². The van der Waals surface area contributed by atoms with Gasteiger partial charge in [-0.2, -0.15) is 0 Å². The predicted molar refractivity (Wildman–Crippen MR) is 86.3 cm³/mol. The molecule has 1 aromatic rings. The van der Waals surface area contributed by atoms with E-state index in [1.807, 2.05) is 12.1 Å². The fourth-order valence-corrected chi connectivity index (χ4v) is 2.29. The van der Waals surface area contributed by atoms with Crippen LogP contribution in [0.1, 0.15) is 39.5 Å². The van der Waals surface area contributed by atoms with Crippen LogP contribution in [0, 0.1) is 5.92 Å². The second-order valence-corrected chi connectivity index (χ2v) is 5.54. The second kappa shape index (κ2) is 9.78. The molecule has 0 spiro atoms. The summed E-state index contributed by atoms with van der Waals surface area (Å²) in [4.78, 5) is 11.8. The monoisotopic (exact) mass is 296 g/mol. The maximum absolute atomic E-state index is 11.8. The van der Waals surface area contributed by atoms with Crippen LogP contribution in [0.25, 0.3) is 0 Å². The number of amides is 1. The van der Waals surface area contributed by atoms with E-state index in [1.165, 1.54) is 19.3 Å². The summed E-state index contributed by atoms with van der Waals surface area (Å²) in [6.45, 7) is 5.65. The van der Waals surface area contributed by atoms with Gasteiger partial charge in [0.05, 0.1) is 6.54 Å². The molecule has 1 atom stereocenters. The lowest BCUT2D eigenvalue weighted by Crippen LogP contribution is -2.31. The molecule has 1 unspecified atom stereocenters. The molecule has 1 rings (SSSR count). The third-order valence-electron chi connectivity index (χ3n) is 3.37. The van der Waals surface area contributed by atoms with E-state index in [-0.39, 0.29) is 5.91 Å². The van der Waals surface area contributed by atoms with Crippen molar-refractivity contribution >= 4 is 23.2 Å². The third kappa shape index (κ3) is 6.92. The summed E-state index contributed by atoms with van der Waals surface area (Å²) in [5, 5.41) is 6.69. The fourth-order valence-electron chi connectivity index (χ4n) is 2.10. The van der Waals surface area contributed by atoms with Gasteiger partial charge in [0, 0.05) is 10.7 Å². The predicted octanol–water partition coefficient (Wildman–Crippen LogP) is 4.08. The van der Waals surface area contributed by atoms with E-state index in [1.54, 1.807) is 12.1 Å². The van der Waals surface area contributed by atoms with Gasteiger partial charge in [0.2, 0.25) is 5.91 Å². The minimum absolute atomic E-state index is 0.0300. The lowest BCUT2D eigenvalue weighted by Gasteiger charge is -2.15. The van der Waals surface area contributed by atoms with E-state index in [4.69, 9.17) is 11.6 Å². The van der Waals surface area contributed by atoms with E-state index >= 15 is 0 Å². The number of rotatable bonds is 9. The van der Waals surface area contributed by atoms with E-state index in [9.17, 15) is 4.79 Å². The highest BCUT2D eigenvalue weighted by Crippen LogP contribution is 2.14. The maximum Gasteiger partial charge on any atom is 0.238 e. The van der Waals surface area contributed by atoms with Crippen molar-refractivity contribution in [2.75, 3.05) is 18.4 Å². The van der Waals surface area contributed by atoms with Crippen molar-refractivity contribution in [3.05, 3.63) is 29.3 Å². The number of hydrogen-bond acceptors (Lipinski definition) is 2. The zero-order valence-corrected chi connectivity index (χ0v) is 13.2. The Hall–Kier alpha value is -1.06. The van der Waals surface area contributed by atoms with Gasteiger partial charge in [0.25, 0.3) is 0 Å². The summed E-state index contributed by atoms with van der Waals surface area (Å²) in [5.41, 5.74) is 0.738. The number of halogens is 1. The molecule has 0 bridgehead atoms. The Kier molecular flexibility index (Phi) is 8.31. The number of carbonyl (C=O) groups excluding carboxylic acids is 1. The zero-order valence-electron chi connectivity index (χ0n) is 12.4. The lowest BCUT2D eigenvalue weighted by molar-refractivity contribution is -0.115. The summed E-state index contributed by atoms with van der Waals surface area (Å²) in [7, 11) is 0. The fraction of sp³-hybridized carbons (Fsp3) is 0.562. The third-order valence-corrected chi connectivity index (χ3v) is 3.61. The van der Waals surface area contributed by atoms with Crippen LogP contribution >= 0.6 is 11.6 Å². The number of unbranched alkanes of at least 4 members (excludes halogenated alkanes) is 1. The van der Waals surface area contributed by atoms with Crippen LogP contribution in [-0.2, 0) is 4.79 Å². The van der Waals surface area contributed by atoms with Crippen LogP contribution in [0.15, 0.2) is 24.3 Å². The van der Waals surface area contributed by atoms with Gasteiger partial charge in [-0.3, -0.25) is 4.79 Å². The van der Waals surface area contributed by atoms with Gasteiger partial charge in [0.1, 0.15) is 0 Å². The van der Waals surface area contributed by atoms with Crippen molar-refractivity contribution < 1.29 is 4.79 Å². The summed E-state index contributed by atoms with van der Waals surface area (Å²) in [5.74, 6) is 0.631.